The molecule has 0 spiro atoms. The zero-order valence-corrected chi connectivity index (χ0v) is 16.5. The predicted octanol–water partition coefficient (Wildman–Crippen LogP) is 4.17. The van der Waals surface area contributed by atoms with Gasteiger partial charge < -0.3 is 10.2 Å². The van der Waals surface area contributed by atoms with Gasteiger partial charge in [0.2, 0.25) is 11.8 Å². The Labute approximate surface area is 160 Å². The lowest BCUT2D eigenvalue weighted by atomic mass is 9.68. The van der Waals surface area contributed by atoms with Crippen LogP contribution in [0.3, 0.4) is 0 Å². The molecule has 27 heavy (non-hydrogen) atoms. The predicted molar refractivity (Wildman–Crippen MR) is 107 cm³/mol. The van der Waals surface area contributed by atoms with E-state index in [-0.39, 0.29) is 6.04 Å². The minimum Gasteiger partial charge on any atom is -0.424 e. The summed E-state index contributed by atoms with van der Waals surface area (Å²) in [6.45, 7) is 8.19. The van der Waals surface area contributed by atoms with Crippen LogP contribution >= 0.6 is 0 Å². The smallest absolute Gasteiger partial charge is 0.231 e. The van der Waals surface area contributed by atoms with E-state index in [4.69, 9.17) is 10.2 Å². The summed E-state index contributed by atoms with van der Waals surface area (Å²) in [5, 5.41) is 8.67. The van der Waals surface area contributed by atoms with Crippen molar-refractivity contribution in [2.24, 2.45) is 5.73 Å². The third-order valence-corrected chi connectivity index (χ3v) is 5.62. The molecule has 0 amide bonds. The fraction of sp³-hybridized carbons (Fsp3) is 0.391. The fourth-order valence-electron chi connectivity index (χ4n) is 4.60. The number of aromatic nitrogens is 2. The molecule has 2 aromatic carbocycles. The maximum Gasteiger partial charge on any atom is 0.231 e. The van der Waals surface area contributed by atoms with Crippen molar-refractivity contribution in [2.45, 2.75) is 58.4 Å². The highest BCUT2D eigenvalue weighted by Gasteiger charge is 2.45. The van der Waals surface area contributed by atoms with Crippen molar-refractivity contribution >= 4 is 0 Å². The molecule has 0 fully saturated rings. The first kappa shape index (κ1) is 17.9. The molecule has 0 bridgehead atoms. The molecule has 0 saturated carbocycles. The van der Waals surface area contributed by atoms with E-state index in [1.54, 1.807) is 0 Å². The van der Waals surface area contributed by atoms with E-state index in [1.807, 2.05) is 6.92 Å². The highest BCUT2D eigenvalue weighted by Crippen LogP contribution is 2.47. The van der Waals surface area contributed by atoms with E-state index in [0.29, 0.717) is 11.8 Å². The van der Waals surface area contributed by atoms with E-state index in [2.05, 4.69) is 67.4 Å². The standard InChI is InChI=1S/C23H27N3O/c1-14-5-9-20-18(11-14)7-8-19-12-15(2)6-10-21(19)23(20,13-16(3)24)22-26-25-17(4)27-22/h5-6,9-12,16H,7-8,13,24H2,1-4H3/t16-/m1/s1. The van der Waals surface area contributed by atoms with E-state index in [1.165, 1.54) is 33.4 Å². The molecule has 4 nitrogen and oxygen atoms in total. The number of rotatable bonds is 3. The summed E-state index contributed by atoms with van der Waals surface area (Å²) in [4.78, 5) is 0. The van der Waals surface area contributed by atoms with E-state index in [0.717, 1.165) is 19.3 Å². The zero-order valence-electron chi connectivity index (χ0n) is 16.5. The number of fused-ring (bicyclic) bond motifs is 2. The van der Waals surface area contributed by atoms with Gasteiger partial charge in [-0.3, -0.25) is 0 Å². The lowest BCUT2D eigenvalue weighted by molar-refractivity contribution is 0.366. The minimum absolute atomic E-state index is 0.0152. The monoisotopic (exact) mass is 361 g/mol. The first-order valence-corrected chi connectivity index (χ1v) is 9.66. The van der Waals surface area contributed by atoms with Gasteiger partial charge in [-0.25, -0.2) is 0 Å². The first-order valence-electron chi connectivity index (χ1n) is 9.66. The van der Waals surface area contributed by atoms with Crippen molar-refractivity contribution in [2.75, 3.05) is 0 Å². The fourth-order valence-corrected chi connectivity index (χ4v) is 4.60. The highest BCUT2D eigenvalue weighted by atomic mass is 16.4. The Morgan fingerprint density at radius 2 is 1.52 bits per heavy atom. The van der Waals surface area contributed by atoms with Crippen LogP contribution in [-0.2, 0) is 18.3 Å². The highest BCUT2D eigenvalue weighted by molar-refractivity contribution is 5.55. The van der Waals surface area contributed by atoms with Crippen LogP contribution in [0.15, 0.2) is 40.8 Å². The second kappa shape index (κ2) is 6.61. The number of hydrogen-bond acceptors (Lipinski definition) is 4. The van der Waals surface area contributed by atoms with Gasteiger partial charge in [0, 0.05) is 13.0 Å². The molecule has 0 aliphatic heterocycles. The molecule has 1 aliphatic carbocycles. The topological polar surface area (TPSA) is 64.9 Å². The Bertz CT molecular complexity index is 934. The summed E-state index contributed by atoms with van der Waals surface area (Å²) in [6, 6.07) is 13.4. The maximum absolute atomic E-state index is 6.39. The Balaban J connectivity index is 2.11. The van der Waals surface area contributed by atoms with Crippen LogP contribution in [0.2, 0.25) is 0 Å². The maximum atomic E-state index is 6.39. The molecule has 0 radical (unpaired) electrons. The molecule has 2 N–H and O–H groups in total. The molecule has 0 unspecified atom stereocenters. The van der Waals surface area contributed by atoms with E-state index in [9.17, 15) is 0 Å². The van der Waals surface area contributed by atoms with Gasteiger partial charge in [0.25, 0.3) is 0 Å². The van der Waals surface area contributed by atoms with Gasteiger partial charge in [-0.15, -0.1) is 10.2 Å². The van der Waals surface area contributed by atoms with Gasteiger partial charge in [-0.1, -0.05) is 47.5 Å². The Morgan fingerprint density at radius 1 is 0.963 bits per heavy atom. The lowest BCUT2D eigenvalue weighted by Crippen LogP contribution is -2.37. The molecular formula is C23H27N3O. The summed E-state index contributed by atoms with van der Waals surface area (Å²) in [5.41, 5.74) is 13.6. The summed E-state index contributed by atoms with van der Waals surface area (Å²) in [6.07, 6.45) is 2.73. The van der Waals surface area contributed by atoms with Gasteiger partial charge in [-0.05, 0) is 62.3 Å². The third-order valence-electron chi connectivity index (χ3n) is 5.62. The van der Waals surface area contributed by atoms with Gasteiger partial charge in [-0.2, -0.15) is 0 Å². The number of nitrogens with zero attached hydrogens (tertiary/aromatic N) is 2. The normalized spacial score (nSPS) is 16.3. The van der Waals surface area contributed by atoms with E-state index < -0.39 is 5.41 Å². The van der Waals surface area contributed by atoms with Crippen molar-refractivity contribution in [3.05, 3.63) is 81.6 Å². The second-order valence-corrected chi connectivity index (χ2v) is 8.03. The number of aryl methyl sites for hydroxylation is 5. The molecule has 3 aromatic rings. The third kappa shape index (κ3) is 2.98. The summed E-state index contributed by atoms with van der Waals surface area (Å²) in [5.74, 6) is 1.23. The van der Waals surface area contributed by atoms with Gasteiger partial charge >= 0.3 is 0 Å². The molecule has 4 rings (SSSR count). The number of hydrogen-bond donors (Lipinski definition) is 1. The lowest BCUT2D eigenvalue weighted by Gasteiger charge is -2.35. The van der Waals surface area contributed by atoms with Gasteiger partial charge in [0.15, 0.2) is 0 Å². The number of nitrogens with two attached hydrogens (primary N) is 1. The Kier molecular flexibility index (Phi) is 4.39. The average Bonchev–Trinajstić information content (AvgIpc) is 3.00. The zero-order chi connectivity index (χ0) is 19.2. The largest absolute Gasteiger partial charge is 0.424 e. The van der Waals surface area contributed by atoms with Crippen LogP contribution in [0.25, 0.3) is 0 Å². The van der Waals surface area contributed by atoms with Crippen molar-refractivity contribution < 1.29 is 4.42 Å². The van der Waals surface area contributed by atoms with Crippen LogP contribution < -0.4 is 5.73 Å². The van der Waals surface area contributed by atoms with Crippen molar-refractivity contribution in [1.82, 2.24) is 10.2 Å². The molecule has 1 aliphatic rings. The number of benzene rings is 2. The van der Waals surface area contributed by atoms with Crippen molar-refractivity contribution in [3.63, 3.8) is 0 Å². The second-order valence-electron chi connectivity index (χ2n) is 8.03. The van der Waals surface area contributed by atoms with Gasteiger partial charge in [0.05, 0.1) is 0 Å². The molecule has 4 heteroatoms. The quantitative estimate of drug-likeness (QED) is 0.760. The van der Waals surface area contributed by atoms with Crippen LogP contribution in [-0.4, -0.2) is 16.2 Å². The van der Waals surface area contributed by atoms with Crippen LogP contribution in [0.1, 0.15) is 58.5 Å². The molecule has 140 valence electrons. The summed E-state index contributed by atoms with van der Waals surface area (Å²) < 4.78 is 6.08. The first-order chi connectivity index (χ1) is 12.9. The average molecular weight is 361 g/mol. The van der Waals surface area contributed by atoms with Crippen molar-refractivity contribution in [3.8, 4) is 0 Å². The molecular weight excluding hydrogens is 334 g/mol. The molecule has 1 heterocycles. The summed E-state index contributed by atoms with van der Waals surface area (Å²) >= 11 is 0. The SMILES string of the molecule is Cc1ccc2c(c1)CCc1cc(C)ccc1C2(C[C@@H](C)N)c1nnc(C)o1. The molecule has 0 saturated heterocycles. The van der Waals surface area contributed by atoms with Crippen LogP contribution in [0, 0.1) is 20.8 Å². The minimum atomic E-state index is -0.516. The van der Waals surface area contributed by atoms with Crippen molar-refractivity contribution in [1.29, 1.82) is 0 Å². The summed E-state index contributed by atoms with van der Waals surface area (Å²) in [7, 11) is 0. The Morgan fingerprint density at radius 3 is 1.96 bits per heavy atom. The Hall–Kier alpha value is -2.46. The van der Waals surface area contributed by atoms with Crippen LogP contribution in [0.4, 0.5) is 0 Å². The molecule has 1 atom stereocenters. The van der Waals surface area contributed by atoms with Gasteiger partial charge in [0.1, 0.15) is 5.41 Å². The van der Waals surface area contributed by atoms with Crippen LogP contribution in [0.5, 0.6) is 0 Å². The van der Waals surface area contributed by atoms with E-state index >= 15 is 0 Å². The molecule has 1 aromatic heterocycles.